The van der Waals surface area contributed by atoms with Crippen LogP contribution in [0.3, 0.4) is 0 Å². The number of carbonyl (C=O) groups excluding carboxylic acids is 1. The molecule has 0 saturated heterocycles. The highest BCUT2D eigenvalue weighted by Crippen LogP contribution is 2.30. The molecule has 0 aliphatic rings. The molecular weight excluding hydrogens is 303 g/mol. The van der Waals surface area contributed by atoms with Gasteiger partial charge in [-0.3, -0.25) is 0 Å². The van der Waals surface area contributed by atoms with E-state index < -0.39 is 29.5 Å². The van der Waals surface area contributed by atoms with Crippen molar-refractivity contribution in [2.75, 3.05) is 0 Å². The zero-order valence-electron chi connectivity index (χ0n) is 11.0. The Kier molecular flexibility index (Phi) is 4.20. The highest BCUT2D eigenvalue weighted by molar-refractivity contribution is 5.92. The van der Waals surface area contributed by atoms with Gasteiger partial charge in [0.15, 0.2) is 0 Å². The number of alkyl halides is 3. The van der Waals surface area contributed by atoms with E-state index in [-0.39, 0.29) is 11.2 Å². The molecule has 0 fully saturated rings. The summed E-state index contributed by atoms with van der Waals surface area (Å²) in [4.78, 5) is 22.7. The Bertz CT molecular complexity index is 692. The lowest BCUT2D eigenvalue weighted by atomic mass is 10.2. The summed E-state index contributed by atoms with van der Waals surface area (Å²) in [7, 11) is 0. The molecule has 22 heavy (non-hydrogen) atoms. The minimum absolute atomic E-state index is 0.175. The summed E-state index contributed by atoms with van der Waals surface area (Å²) in [5, 5.41) is 8.87. The van der Waals surface area contributed by atoms with Crippen LogP contribution in [0.15, 0.2) is 42.6 Å². The smallest absolute Gasteiger partial charge is 0.417 e. The number of hydrogen-bond acceptors (Lipinski definition) is 3. The first-order valence-electron chi connectivity index (χ1n) is 6.03. The van der Waals surface area contributed by atoms with Crippen LogP contribution in [-0.4, -0.2) is 21.7 Å². The largest absolute Gasteiger partial charge is 0.464 e. The van der Waals surface area contributed by atoms with Gasteiger partial charge < -0.3 is 9.84 Å². The van der Waals surface area contributed by atoms with Crippen LogP contribution in [0, 0.1) is 0 Å². The highest BCUT2D eigenvalue weighted by atomic mass is 19.4. The van der Waals surface area contributed by atoms with E-state index in [2.05, 4.69) is 0 Å². The van der Waals surface area contributed by atoms with Crippen molar-refractivity contribution >= 4 is 12.1 Å². The summed E-state index contributed by atoms with van der Waals surface area (Å²) < 4.78 is 42.8. The Morgan fingerprint density at radius 3 is 2.36 bits per heavy atom. The number of aromatic nitrogens is 1. The molecule has 5 nitrogen and oxygen atoms in total. The monoisotopic (exact) mass is 313 g/mol. The van der Waals surface area contributed by atoms with Gasteiger partial charge in [-0.2, -0.15) is 13.2 Å². The fourth-order valence-corrected chi connectivity index (χ4v) is 1.73. The Morgan fingerprint density at radius 2 is 1.82 bits per heavy atom. The van der Waals surface area contributed by atoms with E-state index in [0.717, 1.165) is 0 Å². The average molecular weight is 313 g/mol. The number of rotatable bonds is 3. The van der Waals surface area contributed by atoms with Crippen molar-refractivity contribution in [2.24, 2.45) is 0 Å². The number of halogens is 3. The van der Waals surface area contributed by atoms with Gasteiger partial charge in [-0.1, -0.05) is 30.3 Å². The molecule has 8 heteroatoms. The molecule has 0 spiro atoms. The third kappa shape index (κ3) is 3.46. The average Bonchev–Trinajstić information content (AvgIpc) is 2.91. The second-order valence-corrected chi connectivity index (χ2v) is 4.33. The molecule has 2 aromatic rings. The van der Waals surface area contributed by atoms with Crippen LogP contribution in [0.1, 0.15) is 21.6 Å². The summed E-state index contributed by atoms with van der Waals surface area (Å²) in [6.07, 6.45) is -6.13. The Balaban J connectivity index is 2.21. The van der Waals surface area contributed by atoms with Crippen molar-refractivity contribution < 1.29 is 32.6 Å². The molecule has 0 unspecified atom stereocenters. The molecule has 0 amide bonds. The zero-order chi connectivity index (χ0) is 16.3. The van der Waals surface area contributed by atoms with Crippen LogP contribution in [-0.2, 0) is 17.5 Å². The third-order valence-electron chi connectivity index (χ3n) is 2.78. The molecule has 1 aromatic carbocycles. The number of carbonyl (C=O) groups is 2. The van der Waals surface area contributed by atoms with Gasteiger partial charge in [0.25, 0.3) is 0 Å². The molecule has 0 saturated carbocycles. The topological polar surface area (TPSA) is 68.5 Å². The molecule has 0 aliphatic carbocycles. The summed E-state index contributed by atoms with van der Waals surface area (Å²) in [6.45, 7) is -0.175. The maximum absolute atomic E-state index is 12.6. The van der Waals surface area contributed by atoms with Gasteiger partial charge in [0.2, 0.25) is 0 Å². The molecule has 1 N–H and O–H groups in total. The van der Waals surface area contributed by atoms with Crippen LogP contribution < -0.4 is 0 Å². The van der Waals surface area contributed by atoms with E-state index >= 15 is 0 Å². The minimum atomic E-state index is -4.75. The maximum Gasteiger partial charge on any atom is 0.417 e. The van der Waals surface area contributed by atoms with Gasteiger partial charge in [0.05, 0.1) is 5.56 Å². The first kappa shape index (κ1) is 15.6. The number of hydrogen-bond donors (Lipinski definition) is 1. The second-order valence-electron chi connectivity index (χ2n) is 4.33. The van der Waals surface area contributed by atoms with Crippen molar-refractivity contribution in [3.63, 3.8) is 0 Å². The molecule has 2 rings (SSSR count). The zero-order valence-corrected chi connectivity index (χ0v) is 11.0. The van der Waals surface area contributed by atoms with E-state index in [0.29, 0.717) is 17.8 Å². The Labute approximate surface area is 122 Å². The molecule has 0 aliphatic heterocycles. The van der Waals surface area contributed by atoms with Gasteiger partial charge >= 0.3 is 18.2 Å². The number of nitrogens with zero attached hydrogens (tertiary/aromatic N) is 1. The predicted octanol–water partition coefficient (Wildman–Crippen LogP) is 3.39. The normalized spacial score (nSPS) is 11.2. The minimum Gasteiger partial charge on any atom is -0.464 e. The Morgan fingerprint density at radius 1 is 1.18 bits per heavy atom. The molecular formula is C14H10F3NO4. The van der Waals surface area contributed by atoms with Crippen LogP contribution in [0.4, 0.5) is 18.0 Å². The lowest BCUT2D eigenvalue weighted by molar-refractivity contribution is -0.137. The van der Waals surface area contributed by atoms with Crippen LogP contribution in [0.2, 0.25) is 0 Å². The van der Waals surface area contributed by atoms with Crippen molar-refractivity contribution in [3.05, 3.63) is 59.4 Å². The van der Waals surface area contributed by atoms with Crippen molar-refractivity contribution in [1.82, 2.24) is 4.57 Å². The van der Waals surface area contributed by atoms with E-state index in [4.69, 9.17) is 9.84 Å². The quantitative estimate of drug-likeness (QED) is 0.882. The SMILES string of the molecule is O=C(OCc1ccccc1)c1cc(C(F)(F)F)cn1C(=O)O. The van der Waals surface area contributed by atoms with Crippen LogP contribution >= 0.6 is 0 Å². The highest BCUT2D eigenvalue weighted by Gasteiger charge is 2.35. The number of esters is 1. The summed E-state index contributed by atoms with van der Waals surface area (Å²) in [6, 6.07) is 8.91. The van der Waals surface area contributed by atoms with E-state index in [1.165, 1.54) is 0 Å². The second kappa shape index (κ2) is 5.92. The van der Waals surface area contributed by atoms with Crippen molar-refractivity contribution in [2.45, 2.75) is 12.8 Å². The van der Waals surface area contributed by atoms with E-state index in [9.17, 15) is 22.8 Å². The molecule has 0 radical (unpaired) electrons. The number of carboxylic acid groups (broad SMARTS) is 1. The predicted molar refractivity (Wildman–Crippen MR) is 68.4 cm³/mol. The van der Waals surface area contributed by atoms with Gasteiger partial charge in [-0.15, -0.1) is 0 Å². The maximum atomic E-state index is 12.6. The molecule has 116 valence electrons. The van der Waals surface area contributed by atoms with Gasteiger partial charge in [0, 0.05) is 6.20 Å². The van der Waals surface area contributed by atoms with Crippen molar-refractivity contribution in [3.8, 4) is 0 Å². The van der Waals surface area contributed by atoms with Gasteiger partial charge in [0.1, 0.15) is 12.3 Å². The standard InChI is InChI=1S/C14H10F3NO4/c15-14(16,17)10-6-11(18(7-10)13(20)21)12(19)22-8-9-4-2-1-3-5-9/h1-7H,8H2,(H,20,21). The Hall–Kier alpha value is -2.77. The summed E-state index contributed by atoms with van der Waals surface area (Å²) in [5.74, 6) is -1.15. The van der Waals surface area contributed by atoms with Crippen LogP contribution in [0.5, 0.6) is 0 Å². The van der Waals surface area contributed by atoms with Crippen molar-refractivity contribution in [1.29, 1.82) is 0 Å². The van der Waals surface area contributed by atoms with E-state index in [1.54, 1.807) is 30.3 Å². The van der Waals surface area contributed by atoms with Gasteiger partial charge in [-0.25, -0.2) is 14.2 Å². The molecule has 1 aromatic heterocycles. The number of ether oxygens (including phenoxy) is 1. The third-order valence-corrected chi connectivity index (χ3v) is 2.78. The van der Waals surface area contributed by atoms with Gasteiger partial charge in [-0.05, 0) is 11.6 Å². The van der Waals surface area contributed by atoms with E-state index in [1.807, 2.05) is 0 Å². The molecule has 1 heterocycles. The fourth-order valence-electron chi connectivity index (χ4n) is 1.73. The number of benzene rings is 1. The molecule has 0 atom stereocenters. The fraction of sp³-hybridized carbons (Fsp3) is 0.143. The first-order valence-corrected chi connectivity index (χ1v) is 6.03. The lowest BCUT2D eigenvalue weighted by Crippen LogP contribution is -2.16. The summed E-state index contributed by atoms with van der Waals surface area (Å²) >= 11 is 0. The lowest BCUT2D eigenvalue weighted by Gasteiger charge is -2.05. The summed E-state index contributed by atoms with van der Waals surface area (Å²) in [5.41, 5.74) is -1.31. The van der Waals surface area contributed by atoms with Crippen LogP contribution in [0.25, 0.3) is 0 Å². The molecule has 0 bridgehead atoms. The first-order chi connectivity index (χ1) is 10.3.